The minimum absolute atomic E-state index is 0.373. The summed E-state index contributed by atoms with van der Waals surface area (Å²) in [5, 5.41) is 8.34. The number of carbonyl (C=O) groups is 2. The molecule has 0 unspecified atom stereocenters. The van der Waals surface area contributed by atoms with Crippen LogP contribution in [0.1, 0.15) is 33.6 Å². The summed E-state index contributed by atoms with van der Waals surface area (Å²) in [5.41, 5.74) is -0.398. The molecule has 1 aliphatic heterocycles. The van der Waals surface area contributed by atoms with Crippen molar-refractivity contribution in [3.63, 3.8) is 0 Å². The second kappa shape index (κ2) is 6.93. The molecule has 98 valence electrons. The first-order valence-corrected chi connectivity index (χ1v) is 5.59. The minimum Gasteiger partial charge on any atom is -0.465 e. The van der Waals surface area contributed by atoms with Crippen molar-refractivity contribution < 1.29 is 19.4 Å². The van der Waals surface area contributed by atoms with Gasteiger partial charge in [-0.25, -0.2) is 9.59 Å². The van der Waals surface area contributed by atoms with Crippen LogP contribution in [0, 0.1) is 0 Å². The van der Waals surface area contributed by atoms with Gasteiger partial charge in [-0.3, -0.25) is 0 Å². The summed E-state index contributed by atoms with van der Waals surface area (Å²) in [6, 6.07) is 0. The molecular formula is C12H21NO4. The Morgan fingerprint density at radius 3 is 1.94 bits per heavy atom. The Balaban J connectivity index is 0.000000302. The van der Waals surface area contributed by atoms with Gasteiger partial charge in [0.25, 0.3) is 0 Å². The fraction of sp³-hybridized carbons (Fsp3) is 0.667. The van der Waals surface area contributed by atoms with Crippen LogP contribution in [0.4, 0.5) is 4.79 Å². The Labute approximate surface area is 102 Å². The maximum Gasteiger partial charge on any atom is 0.407 e. The van der Waals surface area contributed by atoms with Crippen molar-refractivity contribution >= 4 is 12.1 Å². The van der Waals surface area contributed by atoms with Crippen molar-refractivity contribution in [3.8, 4) is 0 Å². The Kier molecular flexibility index (Phi) is 6.31. The van der Waals surface area contributed by atoms with Crippen LogP contribution in [0.3, 0.4) is 0 Å². The predicted molar refractivity (Wildman–Crippen MR) is 64.9 cm³/mol. The largest absolute Gasteiger partial charge is 0.465 e. The smallest absolute Gasteiger partial charge is 0.407 e. The summed E-state index contributed by atoms with van der Waals surface area (Å²) in [6.45, 7) is 10.2. The van der Waals surface area contributed by atoms with Crippen LogP contribution in [0.25, 0.3) is 0 Å². The maximum absolute atomic E-state index is 10.5. The number of esters is 1. The monoisotopic (exact) mass is 243 g/mol. The molecule has 0 aromatic rings. The highest BCUT2D eigenvalue weighted by Gasteiger charge is 2.15. The van der Waals surface area contributed by atoms with Crippen molar-refractivity contribution in [3.05, 3.63) is 12.7 Å². The Bertz CT molecular complexity index is 275. The zero-order valence-electron chi connectivity index (χ0n) is 10.7. The van der Waals surface area contributed by atoms with E-state index in [1.54, 1.807) is 0 Å². The van der Waals surface area contributed by atoms with Gasteiger partial charge in [0.2, 0.25) is 0 Å². The van der Waals surface area contributed by atoms with E-state index in [1.807, 2.05) is 20.8 Å². The molecule has 0 aromatic carbocycles. The standard InChI is InChI=1S/C7H12O2.C5H9NO2/c1-5-6(8)9-7(2,3)4;7-5(8)6-3-1-2-4-6/h5H,1H2,2-4H3;1-4H2,(H,7,8). The van der Waals surface area contributed by atoms with Crippen LogP contribution < -0.4 is 0 Å². The normalized spacial score (nSPS) is 14.6. The summed E-state index contributed by atoms with van der Waals surface area (Å²) >= 11 is 0. The van der Waals surface area contributed by atoms with Crippen LogP contribution in [-0.2, 0) is 9.53 Å². The van der Waals surface area contributed by atoms with Gasteiger partial charge in [-0.2, -0.15) is 0 Å². The van der Waals surface area contributed by atoms with Crippen molar-refractivity contribution in [1.82, 2.24) is 4.90 Å². The van der Waals surface area contributed by atoms with Crippen LogP contribution in [0.5, 0.6) is 0 Å². The van der Waals surface area contributed by atoms with Crippen LogP contribution >= 0.6 is 0 Å². The highest BCUT2D eigenvalue weighted by atomic mass is 16.6. The quantitative estimate of drug-likeness (QED) is 0.566. The van der Waals surface area contributed by atoms with Gasteiger partial charge in [-0.05, 0) is 33.6 Å². The number of carbonyl (C=O) groups excluding carboxylic acids is 1. The lowest BCUT2D eigenvalue weighted by molar-refractivity contribution is -0.148. The molecule has 0 atom stereocenters. The van der Waals surface area contributed by atoms with Gasteiger partial charge in [0.1, 0.15) is 5.60 Å². The first-order valence-electron chi connectivity index (χ1n) is 5.59. The molecule has 0 bridgehead atoms. The highest BCUT2D eigenvalue weighted by Crippen LogP contribution is 2.06. The van der Waals surface area contributed by atoms with Crippen molar-refractivity contribution in [1.29, 1.82) is 0 Å². The molecule has 1 saturated heterocycles. The van der Waals surface area contributed by atoms with Crippen molar-refractivity contribution in [2.45, 2.75) is 39.2 Å². The number of hydrogen-bond donors (Lipinski definition) is 1. The van der Waals surface area contributed by atoms with E-state index in [4.69, 9.17) is 9.84 Å². The third-order valence-corrected chi connectivity index (χ3v) is 1.95. The van der Waals surface area contributed by atoms with Crippen LogP contribution in [0.15, 0.2) is 12.7 Å². The fourth-order valence-corrected chi connectivity index (χ4v) is 1.25. The number of likely N-dealkylation sites (tertiary alicyclic amines) is 1. The van der Waals surface area contributed by atoms with E-state index in [9.17, 15) is 9.59 Å². The Morgan fingerprint density at radius 1 is 1.29 bits per heavy atom. The summed E-state index contributed by atoms with van der Waals surface area (Å²) in [4.78, 5) is 22.1. The molecule has 0 aliphatic carbocycles. The summed E-state index contributed by atoms with van der Waals surface area (Å²) in [5.74, 6) is -0.373. The second-order valence-corrected chi connectivity index (χ2v) is 4.71. The topological polar surface area (TPSA) is 66.8 Å². The summed E-state index contributed by atoms with van der Waals surface area (Å²) < 4.78 is 4.83. The molecule has 5 heteroatoms. The lowest BCUT2D eigenvalue weighted by Crippen LogP contribution is -2.25. The molecule has 5 nitrogen and oxygen atoms in total. The lowest BCUT2D eigenvalue weighted by atomic mass is 10.2. The van der Waals surface area contributed by atoms with Gasteiger partial charge < -0.3 is 14.7 Å². The van der Waals surface area contributed by atoms with E-state index in [0.717, 1.165) is 32.0 Å². The lowest BCUT2D eigenvalue weighted by Gasteiger charge is -2.17. The molecule has 1 amide bonds. The van der Waals surface area contributed by atoms with Gasteiger partial charge >= 0.3 is 12.1 Å². The molecule has 1 fully saturated rings. The number of amides is 1. The molecule has 0 radical (unpaired) electrons. The zero-order valence-corrected chi connectivity index (χ0v) is 10.7. The SMILES string of the molecule is C=CC(=O)OC(C)(C)C.O=C(O)N1CCCC1. The molecule has 1 aliphatic rings. The summed E-state index contributed by atoms with van der Waals surface area (Å²) in [6.07, 6.45) is 2.45. The molecule has 1 rings (SSSR count). The fourth-order valence-electron chi connectivity index (χ4n) is 1.25. The number of carboxylic acid groups (broad SMARTS) is 1. The van der Waals surface area contributed by atoms with Crippen LogP contribution in [-0.4, -0.2) is 40.8 Å². The van der Waals surface area contributed by atoms with E-state index in [2.05, 4.69) is 6.58 Å². The third kappa shape index (κ3) is 8.30. The third-order valence-electron chi connectivity index (χ3n) is 1.95. The highest BCUT2D eigenvalue weighted by molar-refractivity contribution is 5.81. The van der Waals surface area contributed by atoms with E-state index in [-0.39, 0.29) is 5.97 Å². The first kappa shape index (κ1) is 15.5. The molecule has 0 saturated carbocycles. The Hall–Kier alpha value is -1.52. The molecule has 1 heterocycles. The van der Waals surface area contributed by atoms with Gasteiger partial charge in [-0.1, -0.05) is 6.58 Å². The number of nitrogens with zero attached hydrogens (tertiary/aromatic N) is 1. The predicted octanol–water partition coefficient (Wildman–Crippen LogP) is 2.27. The number of rotatable bonds is 1. The van der Waals surface area contributed by atoms with E-state index >= 15 is 0 Å². The van der Waals surface area contributed by atoms with E-state index in [0.29, 0.717) is 0 Å². The number of ether oxygens (including phenoxy) is 1. The minimum atomic E-state index is -0.775. The molecule has 1 N–H and O–H groups in total. The van der Waals surface area contributed by atoms with Crippen molar-refractivity contribution in [2.24, 2.45) is 0 Å². The van der Waals surface area contributed by atoms with Gasteiger partial charge in [0.15, 0.2) is 0 Å². The van der Waals surface area contributed by atoms with Gasteiger partial charge in [0.05, 0.1) is 0 Å². The van der Waals surface area contributed by atoms with Crippen LogP contribution in [0.2, 0.25) is 0 Å². The molecular weight excluding hydrogens is 222 g/mol. The molecule has 0 spiro atoms. The van der Waals surface area contributed by atoms with E-state index < -0.39 is 11.7 Å². The van der Waals surface area contributed by atoms with Gasteiger partial charge in [0, 0.05) is 19.2 Å². The Morgan fingerprint density at radius 2 is 1.76 bits per heavy atom. The van der Waals surface area contributed by atoms with Crippen molar-refractivity contribution in [2.75, 3.05) is 13.1 Å². The van der Waals surface area contributed by atoms with E-state index in [1.165, 1.54) is 4.90 Å². The summed E-state index contributed by atoms with van der Waals surface area (Å²) in [7, 11) is 0. The number of hydrogen-bond acceptors (Lipinski definition) is 3. The average Bonchev–Trinajstić information content (AvgIpc) is 2.68. The first-order chi connectivity index (χ1) is 7.76. The van der Waals surface area contributed by atoms with Gasteiger partial charge in [-0.15, -0.1) is 0 Å². The maximum atomic E-state index is 10.5. The molecule has 17 heavy (non-hydrogen) atoms. The molecule has 0 aromatic heterocycles. The zero-order chi connectivity index (χ0) is 13.5. The average molecular weight is 243 g/mol. The second-order valence-electron chi connectivity index (χ2n) is 4.71.